The molecule has 0 bridgehead atoms. The van der Waals surface area contributed by atoms with Crippen molar-refractivity contribution in [3.8, 4) is 0 Å². The van der Waals surface area contributed by atoms with Crippen molar-refractivity contribution in [2.75, 3.05) is 11.9 Å². The van der Waals surface area contributed by atoms with E-state index in [4.69, 9.17) is 12.2 Å². The van der Waals surface area contributed by atoms with Crippen molar-refractivity contribution in [1.82, 2.24) is 4.90 Å². The summed E-state index contributed by atoms with van der Waals surface area (Å²) in [4.78, 5) is 27.1. The molecule has 4 nitrogen and oxygen atoms in total. The van der Waals surface area contributed by atoms with Gasteiger partial charge in [0.25, 0.3) is 5.91 Å². The molecule has 148 valence electrons. The zero-order chi connectivity index (χ0) is 20.9. The number of nitrogens with one attached hydrogen (secondary N) is 1. The molecule has 6 heteroatoms. The van der Waals surface area contributed by atoms with E-state index in [0.29, 0.717) is 14.9 Å². The van der Waals surface area contributed by atoms with E-state index < -0.39 is 0 Å². The Morgan fingerprint density at radius 3 is 2.57 bits per heavy atom. The van der Waals surface area contributed by atoms with Crippen LogP contribution in [0.3, 0.4) is 0 Å². The molecule has 1 N–H and O–H groups in total. The van der Waals surface area contributed by atoms with Gasteiger partial charge < -0.3 is 5.32 Å². The minimum absolute atomic E-state index is 0.117. The number of amides is 2. The van der Waals surface area contributed by atoms with Gasteiger partial charge in [-0.25, -0.2) is 0 Å². The molecule has 0 atom stereocenters. The van der Waals surface area contributed by atoms with E-state index in [9.17, 15) is 9.59 Å². The molecule has 3 aromatic rings. The Labute approximate surface area is 184 Å². The van der Waals surface area contributed by atoms with Crippen LogP contribution in [0.25, 0.3) is 16.8 Å². The van der Waals surface area contributed by atoms with Crippen molar-refractivity contribution in [3.63, 3.8) is 0 Å². The van der Waals surface area contributed by atoms with Crippen LogP contribution in [0.1, 0.15) is 5.56 Å². The second kappa shape index (κ2) is 9.07. The number of nitrogens with zero attached hydrogens (tertiary/aromatic N) is 1. The number of carbonyl (C=O) groups excluding carboxylic acids is 2. The normalized spacial score (nSPS) is 15.5. The lowest BCUT2D eigenvalue weighted by Gasteiger charge is -2.15. The molecule has 0 spiro atoms. The zero-order valence-electron chi connectivity index (χ0n) is 15.9. The summed E-state index contributed by atoms with van der Waals surface area (Å²) in [6, 6.07) is 23.3. The third-order valence-electron chi connectivity index (χ3n) is 4.57. The van der Waals surface area contributed by atoms with Crippen LogP contribution in [0.2, 0.25) is 0 Å². The number of allylic oxidation sites excluding steroid dienone is 2. The van der Waals surface area contributed by atoms with Crippen LogP contribution < -0.4 is 5.32 Å². The molecule has 1 aliphatic rings. The van der Waals surface area contributed by atoms with Crippen molar-refractivity contribution < 1.29 is 9.59 Å². The maximum absolute atomic E-state index is 12.7. The molecule has 3 aromatic carbocycles. The smallest absolute Gasteiger partial charge is 0.266 e. The van der Waals surface area contributed by atoms with Crippen molar-refractivity contribution in [3.05, 3.63) is 95.4 Å². The zero-order valence-corrected chi connectivity index (χ0v) is 17.6. The highest BCUT2D eigenvalue weighted by molar-refractivity contribution is 8.26. The first-order valence-corrected chi connectivity index (χ1v) is 10.6. The van der Waals surface area contributed by atoms with Gasteiger partial charge in [-0.3, -0.25) is 14.5 Å². The van der Waals surface area contributed by atoms with Crippen molar-refractivity contribution >= 4 is 62.7 Å². The molecule has 1 aliphatic heterocycles. The Morgan fingerprint density at radius 1 is 1.00 bits per heavy atom. The number of thiocarbonyl (C=S) groups is 1. The van der Waals surface area contributed by atoms with Crippen LogP contribution in [0.4, 0.5) is 5.69 Å². The number of hydrogen-bond donors (Lipinski definition) is 1. The van der Waals surface area contributed by atoms with Gasteiger partial charge in [0.15, 0.2) is 0 Å². The first-order chi connectivity index (χ1) is 14.6. The maximum atomic E-state index is 12.7. The summed E-state index contributed by atoms with van der Waals surface area (Å²) in [5.74, 6) is -0.542. The molecular formula is C24H18N2O2S2. The van der Waals surface area contributed by atoms with E-state index in [1.54, 1.807) is 6.08 Å². The molecule has 0 aromatic heterocycles. The lowest BCUT2D eigenvalue weighted by molar-refractivity contribution is -0.126. The molecule has 1 saturated heterocycles. The molecule has 0 aliphatic carbocycles. The predicted octanol–water partition coefficient (Wildman–Crippen LogP) is 5.24. The second-order valence-electron chi connectivity index (χ2n) is 6.63. The number of thioether (sulfide) groups is 1. The quantitative estimate of drug-likeness (QED) is 0.444. The Hall–Kier alpha value is -3.22. The molecule has 0 radical (unpaired) electrons. The van der Waals surface area contributed by atoms with Gasteiger partial charge in [0.1, 0.15) is 10.9 Å². The minimum Gasteiger partial charge on any atom is -0.324 e. The Balaban J connectivity index is 1.43. The van der Waals surface area contributed by atoms with Crippen LogP contribution in [0.5, 0.6) is 0 Å². The van der Waals surface area contributed by atoms with Gasteiger partial charge in [-0.2, -0.15) is 0 Å². The highest BCUT2D eigenvalue weighted by Gasteiger charge is 2.33. The molecule has 30 heavy (non-hydrogen) atoms. The molecule has 1 fully saturated rings. The summed E-state index contributed by atoms with van der Waals surface area (Å²) in [6.07, 6.45) is 5.46. The van der Waals surface area contributed by atoms with Gasteiger partial charge in [-0.1, -0.05) is 103 Å². The number of anilines is 1. The summed E-state index contributed by atoms with van der Waals surface area (Å²) in [7, 11) is 0. The Bertz CT molecular complexity index is 1180. The predicted molar refractivity (Wildman–Crippen MR) is 128 cm³/mol. The summed E-state index contributed by atoms with van der Waals surface area (Å²) >= 11 is 6.53. The summed E-state index contributed by atoms with van der Waals surface area (Å²) in [5.41, 5.74) is 1.75. The highest BCUT2D eigenvalue weighted by Crippen LogP contribution is 2.31. The van der Waals surface area contributed by atoms with Crippen LogP contribution in [-0.2, 0) is 9.59 Å². The fourth-order valence-electron chi connectivity index (χ4n) is 3.13. The van der Waals surface area contributed by atoms with Crippen molar-refractivity contribution in [2.24, 2.45) is 0 Å². The van der Waals surface area contributed by atoms with Gasteiger partial charge in [0.2, 0.25) is 5.91 Å². The largest absolute Gasteiger partial charge is 0.324 e. The van der Waals surface area contributed by atoms with Gasteiger partial charge in [0.05, 0.1) is 4.91 Å². The van der Waals surface area contributed by atoms with Crippen molar-refractivity contribution in [2.45, 2.75) is 0 Å². The maximum Gasteiger partial charge on any atom is 0.266 e. The fraction of sp³-hybridized carbons (Fsp3) is 0.0417. The molecule has 1 heterocycles. The van der Waals surface area contributed by atoms with E-state index in [-0.39, 0.29) is 18.4 Å². The molecule has 0 unspecified atom stereocenters. The minimum atomic E-state index is -0.288. The lowest BCUT2D eigenvalue weighted by Crippen LogP contribution is -2.36. The van der Waals surface area contributed by atoms with E-state index >= 15 is 0 Å². The molecular weight excluding hydrogens is 412 g/mol. The third-order valence-corrected chi connectivity index (χ3v) is 5.97. The van der Waals surface area contributed by atoms with Gasteiger partial charge >= 0.3 is 0 Å². The molecule has 4 rings (SSSR count). The fourth-order valence-corrected chi connectivity index (χ4v) is 4.34. The monoisotopic (exact) mass is 430 g/mol. The number of carbonyl (C=O) groups is 2. The van der Waals surface area contributed by atoms with Crippen molar-refractivity contribution in [1.29, 1.82) is 0 Å². The van der Waals surface area contributed by atoms with E-state index in [1.807, 2.05) is 84.9 Å². The average molecular weight is 431 g/mol. The Kier molecular flexibility index (Phi) is 6.07. The first kappa shape index (κ1) is 20.1. The van der Waals surface area contributed by atoms with E-state index in [2.05, 4.69) is 5.32 Å². The van der Waals surface area contributed by atoms with Gasteiger partial charge in [0, 0.05) is 11.1 Å². The second-order valence-corrected chi connectivity index (χ2v) is 8.31. The van der Waals surface area contributed by atoms with Gasteiger partial charge in [-0.15, -0.1) is 0 Å². The van der Waals surface area contributed by atoms with E-state index in [1.165, 1.54) is 16.7 Å². The number of hydrogen-bond acceptors (Lipinski definition) is 4. The summed E-state index contributed by atoms with van der Waals surface area (Å²) in [5, 5.41) is 4.88. The van der Waals surface area contributed by atoms with E-state index in [0.717, 1.165) is 16.3 Å². The van der Waals surface area contributed by atoms with Crippen LogP contribution in [0.15, 0.2) is 89.9 Å². The van der Waals surface area contributed by atoms with Gasteiger partial charge in [-0.05, 0) is 23.1 Å². The molecule has 0 saturated carbocycles. The first-order valence-electron chi connectivity index (χ1n) is 9.36. The third kappa shape index (κ3) is 4.50. The average Bonchev–Trinajstić information content (AvgIpc) is 3.02. The standard InChI is InChI=1S/C24H18N2O2S2/c27-22(25-20-14-7-12-18-11-4-5-13-19(18)20)16-26-23(28)21(30-24(26)29)15-6-10-17-8-2-1-3-9-17/h1-15H,16H2,(H,25,27). The molecule has 2 amide bonds. The number of fused-ring (bicyclic) bond motifs is 1. The Morgan fingerprint density at radius 2 is 1.73 bits per heavy atom. The topological polar surface area (TPSA) is 49.4 Å². The number of rotatable bonds is 5. The highest BCUT2D eigenvalue weighted by atomic mass is 32.2. The van der Waals surface area contributed by atoms with Crippen LogP contribution in [0, 0.1) is 0 Å². The summed E-state index contributed by atoms with van der Waals surface area (Å²) in [6.45, 7) is -0.117. The number of benzene rings is 3. The SMILES string of the molecule is O=C(CN1C(=O)C(=CC=Cc2ccccc2)SC1=S)Nc1cccc2ccccc12. The van der Waals surface area contributed by atoms with Crippen LogP contribution >= 0.6 is 24.0 Å². The lowest BCUT2D eigenvalue weighted by atomic mass is 10.1. The summed E-state index contributed by atoms with van der Waals surface area (Å²) < 4.78 is 0.382. The van der Waals surface area contributed by atoms with Crippen LogP contribution in [-0.4, -0.2) is 27.6 Å².